The van der Waals surface area contributed by atoms with Crippen molar-refractivity contribution >= 4 is 16.8 Å². The number of hydrogen-bond acceptors (Lipinski definition) is 3. The number of nitrogens with one attached hydrogen (secondary N) is 1. The Balaban J connectivity index is 2.09. The second-order valence-electron chi connectivity index (χ2n) is 6.11. The maximum Gasteiger partial charge on any atom is 0.252 e. The molecule has 4 nitrogen and oxygen atoms in total. The molecule has 0 atom stereocenters. The van der Waals surface area contributed by atoms with E-state index in [0.717, 1.165) is 23.7 Å². The van der Waals surface area contributed by atoms with Gasteiger partial charge >= 0.3 is 0 Å². The molecule has 112 valence electrons. The van der Waals surface area contributed by atoms with Crippen LogP contribution in [0.5, 0.6) is 0 Å². The van der Waals surface area contributed by atoms with Crippen LogP contribution < -0.4 is 11.1 Å². The highest BCUT2D eigenvalue weighted by molar-refractivity contribution is 6.05. The molecule has 1 amide bonds. The molecule has 0 unspecified atom stereocenters. The molecule has 1 aromatic carbocycles. The van der Waals surface area contributed by atoms with Gasteiger partial charge in [-0.25, -0.2) is 0 Å². The highest BCUT2D eigenvalue weighted by atomic mass is 16.1. The fourth-order valence-electron chi connectivity index (χ4n) is 2.38. The highest BCUT2D eigenvalue weighted by Crippen LogP contribution is 2.21. The van der Waals surface area contributed by atoms with Crippen LogP contribution in [0, 0.1) is 5.41 Å². The lowest BCUT2D eigenvalue weighted by Gasteiger charge is -2.24. The summed E-state index contributed by atoms with van der Waals surface area (Å²) in [5.74, 6) is -0.0468. The summed E-state index contributed by atoms with van der Waals surface area (Å²) in [7, 11) is 0. The average molecular weight is 285 g/mol. The maximum absolute atomic E-state index is 12.4. The van der Waals surface area contributed by atoms with E-state index in [-0.39, 0.29) is 11.3 Å². The van der Waals surface area contributed by atoms with Gasteiger partial charge in [-0.1, -0.05) is 32.0 Å². The number of amides is 1. The zero-order chi connectivity index (χ0) is 15.3. The molecule has 21 heavy (non-hydrogen) atoms. The molecule has 3 N–H and O–H groups in total. The summed E-state index contributed by atoms with van der Waals surface area (Å²) in [6.07, 6.45) is 3.65. The number of benzene rings is 1. The van der Waals surface area contributed by atoms with Gasteiger partial charge in [0.15, 0.2) is 0 Å². The fraction of sp³-hybridized carbons (Fsp3) is 0.412. The Morgan fingerprint density at radius 1 is 1.29 bits per heavy atom. The average Bonchev–Trinajstić information content (AvgIpc) is 2.50. The number of para-hydroxylation sites is 1. The second kappa shape index (κ2) is 6.68. The lowest BCUT2D eigenvalue weighted by atomic mass is 9.87. The Hall–Kier alpha value is -1.94. The normalized spacial score (nSPS) is 11.6. The number of rotatable bonds is 6. The SMILES string of the molecule is CC(C)(CCCN)CNC(=O)c1ccnc2ccccc12. The van der Waals surface area contributed by atoms with Crippen molar-refractivity contribution in [2.45, 2.75) is 26.7 Å². The van der Waals surface area contributed by atoms with E-state index in [4.69, 9.17) is 5.73 Å². The molecule has 0 saturated heterocycles. The molecule has 0 fully saturated rings. The summed E-state index contributed by atoms with van der Waals surface area (Å²) in [6, 6.07) is 9.46. The number of fused-ring (bicyclic) bond motifs is 1. The quantitative estimate of drug-likeness (QED) is 0.857. The van der Waals surface area contributed by atoms with Crippen molar-refractivity contribution in [2.24, 2.45) is 11.1 Å². The lowest BCUT2D eigenvalue weighted by Crippen LogP contribution is -2.34. The van der Waals surface area contributed by atoms with E-state index in [1.54, 1.807) is 12.3 Å². The maximum atomic E-state index is 12.4. The van der Waals surface area contributed by atoms with Crippen molar-refractivity contribution in [1.82, 2.24) is 10.3 Å². The molecule has 4 heteroatoms. The summed E-state index contributed by atoms with van der Waals surface area (Å²) in [5, 5.41) is 3.92. The monoisotopic (exact) mass is 285 g/mol. The van der Waals surface area contributed by atoms with Gasteiger partial charge in [0.1, 0.15) is 0 Å². The largest absolute Gasteiger partial charge is 0.351 e. The van der Waals surface area contributed by atoms with Crippen LogP contribution in [0.25, 0.3) is 10.9 Å². The topological polar surface area (TPSA) is 68.0 Å². The molecule has 0 spiro atoms. The summed E-state index contributed by atoms with van der Waals surface area (Å²) in [5.41, 5.74) is 7.12. The van der Waals surface area contributed by atoms with E-state index in [1.165, 1.54) is 0 Å². The van der Waals surface area contributed by atoms with Crippen LogP contribution in [-0.2, 0) is 0 Å². The zero-order valence-electron chi connectivity index (χ0n) is 12.7. The Morgan fingerprint density at radius 2 is 2.05 bits per heavy atom. The van der Waals surface area contributed by atoms with Crippen LogP contribution >= 0.6 is 0 Å². The van der Waals surface area contributed by atoms with Crippen molar-refractivity contribution in [3.63, 3.8) is 0 Å². The van der Waals surface area contributed by atoms with E-state index in [1.807, 2.05) is 24.3 Å². The molecule has 0 aliphatic heterocycles. The molecule has 1 heterocycles. The Kier molecular flexibility index (Phi) is 4.91. The Labute approximate surface area is 125 Å². The van der Waals surface area contributed by atoms with Crippen molar-refractivity contribution < 1.29 is 4.79 Å². The zero-order valence-corrected chi connectivity index (χ0v) is 12.7. The van der Waals surface area contributed by atoms with Crippen LogP contribution in [0.1, 0.15) is 37.0 Å². The molecule has 2 aromatic rings. The van der Waals surface area contributed by atoms with Gasteiger partial charge in [-0.05, 0) is 36.9 Å². The van der Waals surface area contributed by atoms with Gasteiger partial charge in [0.05, 0.1) is 11.1 Å². The predicted molar refractivity (Wildman–Crippen MR) is 86.1 cm³/mol. The number of pyridine rings is 1. The third kappa shape index (κ3) is 4.02. The fourth-order valence-corrected chi connectivity index (χ4v) is 2.38. The molecular weight excluding hydrogens is 262 g/mol. The molecule has 0 saturated carbocycles. The van der Waals surface area contributed by atoms with E-state index in [0.29, 0.717) is 18.7 Å². The molecule has 1 aromatic heterocycles. The number of nitrogens with zero attached hydrogens (tertiary/aromatic N) is 1. The van der Waals surface area contributed by atoms with Crippen molar-refractivity contribution in [2.75, 3.05) is 13.1 Å². The number of carbonyl (C=O) groups is 1. The van der Waals surface area contributed by atoms with E-state index in [9.17, 15) is 4.79 Å². The summed E-state index contributed by atoms with van der Waals surface area (Å²) < 4.78 is 0. The smallest absolute Gasteiger partial charge is 0.252 e. The van der Waals surface area contributed by atoms with Gasteiger partial charge < -0.3 is 11.1 Å². The second-order valence-corrected chi connectivity index (χ2v) is 6.11. The van der Waals surface area contributed by atoms with E-state index < -0.39 is 0 Å². The van der Waals surface area contributed by atoms with Crippen molar-refractivity contribution in [3.8, 4) is 0 Å². The van der Waals surface area contributed by atoms with Gasteiger partial charge in [-0.2, -0.15) is 0 Å². The van der Waals surface area contributed by atoms with Crippen LogP contribution in [-0.4, -0.2) is 24.0 Å². The third-order valence-electron chi connectivity index (χ3n) is 3.68. The number of carbonyl (C=O) groups excluding carboxylic acids is 1. The minimum absolute atomic E-state index is 0.0468. The minimum Gasteiger partial charge on any atom is -0.351 e. The van der Waals surface area contributed by atoms with Gasteiger partial charge in [0.2, 0.25) is 0 Å². The summed E-state index contributed by atoms with van der Waals surface area (Å²) >= 11 is 0. The van der Waals surface area contributed by atoms with Crippen LogP contribution in [0.15, 0.2) is 36.5 Å². The van der Waals surface area contributed by atoms with Crippen LogP contribution in [0.2, 0.25) is 0 Å². The van der Waals surface area contributed by atoms with Gasteiger partial charge in [0.25, 0.3) is 5.91 Å². The standard InChI is InChI=1S/C17H23N3O/c1-17(2,9-5-10-18)12-20-16(21)14-8-11-19-15-7-4-3-6-13(14)15/h3-4,6-8,11H,5,9-10,12,18H2,1-2H3,(H,20,21). The number of aromatic nitrogens is 1. The van der Waals surface area contributed by atoms with Crippen molar-refractivity contribution in [1.29, 1.82) is 0 Å². The molecule has 0 bridgehead atoms. The van der Waals surface area contributed by atoms with Crippen LogP contribution in [0.3, 0.4) is 0 Å². The molecule has 0 radical (unpaired) electrons. The first-order valence-electron chi connectivity index (χ1n) is 7.35. The molecular formula is C17H23N3O. The number of hydrogen-bond donors (Lipinski definition) is 2. The first kappa shape index (κ1) is 15.4. The molecule has 0 aliphatic rings. The predicted octanol–water partition coefficient (Wildman–Crippen LogP) is 2.73. The Morgan fingerprint density at radius 3 is 2.81 bits per heavy atom. The first-order chi connectivity index (χ1) is 10.0. The summed E-state index contributed by atoms with van der Waals surface area (Å²) in [6.45, 7) is 5.62. The van der Waals surface area contributed by atoms with Crippen LogP contribution in [0.4, 0.5) is 0 Å². The van der Waals surface area contributed by atoms with Gasteiger partial charge in [-0.3, -0.25) is 9.78 Å². The minimum atomic E-state index is -0.0468. The first-order valence-corrected chi connectivity index (χ1v) is 7.35. The lowest BCUT2D eigenvalue weighted by molar-refractivity contribution is 0.0936. The highest BCUT2D eigenvalue weighted by Gasteiger charge is 2.19. The Bertz CT molecular complexity index is 617. The van der Waals surface area contributed by atoms with Gasteiger partial charge in [0, 0.05) is 18.1 Å². The third-order valence-corrected chi connectivity index (χ3v) is 3.68. The molecule has 2 rings (SSSR count). The van der Waals surface area contributed by atoms with E-state index in [2.05, 4.69) is 24.1 Å². The van der Waals surface area contributed by atoms with Crippen molar-refractivity contribution in [3.05, 3.63) is 42.1 Å². The summed E-state index contributed by atoms with van der Waals surface area (Å²) in [4.78, 5) is 16.7. The number of nitrogens with two attached hydrogens (primary N) is 1. The van der Waals surface area contributed by atoms with Gasteiger partial charge in [-0.15, -0.1) is 0 Å². The van der Waals surface area contributed by atoms with E-state index >= 15 is 0 Å². The molecule has 0 aliphatic carbocycles.